The first-order valence-corrected chi connectivity index (χ1v) is 8.00. The number of hydrogen-bond acceptors (Lipinski definition) is 5. The number of H-pyrrole nitrogens is 1. The highest BCUT2D eigenvalue weighted by atomic mass is 32.1. The van der Waals surface area contributed by atoms with E-state index in [0.29, 0.717) is 23.6 Å². The second kappa shape index (κ2) is 7.42. The Balaban J connectivity index is 1.56. The van der Waals surface area contributed by atoms with E-state index in [9.17, 15) is 9.59 Å². The normalized spacial score (nSPS) is 10.2. The van der Waals surface area contributed by atoms with Crippen LogP contribution in [0.2, 0.25) is 0 Å². The summed E-state index contributed by atoms with van der Waals surface area (Å²) in [5.41, 5.74) is 7.99. The number of thiazole rings is 1. The minimum absolute atomic E-state index is 0.331. The van der Waals surface area contributed by atoms with Crippen LogP contribution in [0.4, 0.5) is 0 Å². The molecule has 0 bridgehead atoms. The number of aromatic nitrogens is 2. The summed E-state index contributed by atoms with van der Waals surface area (Å²) in [6, 6.07) is 9.99. The van der Waals surface area contributed by atoms with Crippen LogP contribution in [0, 0.1) is 0 Å². The molecule has 0 radical (unpaired) electrons. The van der Waals surface area contributed by atoms with Gasteiger partial charge in [-0.2, -0.15) is 0 Å². The van der Waals surface area contributed by atoms with Gasteiger partial charge < -0.3 is 9.72 Å². The summed E-state index contributed by atoms with van der Waals surface area (Å²) >= 11 is 1.49. The number of amides is 2. The summed E-state index contributed by atoms with van der Waals surface area (Å²) in [6.07, 6.45) is 1.62. The van der Waals surface area contributed by atoms with Gasteiger partial charge in [0.15, 0.2) is 0 Å². The molecule has 3 rings (SSSR count). The summed E-state index contributed by atoms with van der Waals surface area (Å²) in [7, 11) is 0. The summed E-state index contributed by atoms with van der Waals surface area (Å²) < 4.78 is 5.60. The molecule has 3 aromatic rings. The van der Waals surface area contributed by atoms with Crippen LogP contribution in [-0.2, 0) is 6.61 Å². The van der Waals surface area contributed by atoms with Gasteiger partial charge in [0, 0.05) is 17.1 Å². The number of hydrogen-bond donors (Lipinski definition) is 3. The van der Waals surface area contributed by atoms with Crippen molar-refractivity contribution >= 4 is 23.2 Å². The van der Waals surface area contributed by atoms with E-state index in [4.69, 9.17) is 4.74 Å². The standard InChI is InChI=1S/C16H14N4O3S/c21-15(19-20-16(22)14-5-2-6-17-14)11-3-1-4-13(7-11)23-8-12-9-24-10-18-12/h1-7,9-10,17H,8H2,(H,19,21)(H,20,22). The average molecular weight is 342 g/mol. The fourth-order valence-electron chi connectivity index (χ4n) is 1.92. The number of ether oxygens (including phenoxy) is 1. The molecule has 0 aliphatic rings. The Kier molecular flexibility index (Phi) is 4.87. The number of carbonyl (C=O) groups is 2. The molecule has 3 N–H and O–H groups in total. The molecule has 0 aliphatic heterocycles. The molecular weight excluding hydrogens is 328 g/mol. The third-order valence-electron chi connectivity index (χ3n) is 3.10. The fourth-order valence-corrected chi connectivity index (χ4v) is 2.46. The SMILES string of the molecule is O=C(NNC(=O)c1ccc[nH]1)c1cccc(OCc2cscn2)c1. The second-order valence-electron chi connectivity index (χ2n) is 4.79. The van der Waals surface area contributed by atoms with E-state index < -0.39 is 11.8 Å². The van der Waals surface area contributed by atoms with Crippen molar-refractivity contribution in [2.24, 2.45) is 0 Å². The predicted molar refractivity (Wildman–Crippen MR) is 88.6 cm³/mol. The molecule has 24 heavy (non-hydrogen) atoms. The lowest BCUT2D eigenvalue weighted by atomic mass is 10.2. The zero-order chi connectivity index (χ0) is 16.8. The Hall–Kier alpha value is -3.13. The van der Waals surface area contributed by atoms with Crippen molar-refractivity contribution in [2.75, 3.05) is 0 Å². The van der Waals surface area contributed by atoms with Crippen molar-refractivity contribution in [1.82, 2.24) is 20.8 Å². The molecule has 0 unspecified atom stereocenters. The van der Waals surface area contributed by atoms with Crippen molar-refractivity contribution in [3.8, 4) is 5.75 Å². The number of aromatic amines is 1. The fraction of sp³-hybridized carbons (Fsp3) is 0.0625. The van der Waals surface area contributed by atoms with Gasteiger partial charge >= 0.3 is 0 Å². The quantitative estimate of drug-likeness (QED) is 0.619. The molecule has 1 aromatic carbocycles. The van der Waals surface area contributed by atoms with Crippen LogP contribution in [0.25, 0.3) is 0 Å². The molecule has 0 saturated heterocycles. The Labute approximate surface area is 141 Å². The van der Waals surface area contributed by atoms with Crippen LogP contribution in [0.3, 0.4) is 0 Å². The third-order valence-corrected chi connectivity index (χ3v) is 3.73. The van der Waals surface area contributed by atoms with Crippen LogP contribution in [0.5, 0.6) is 5.75 Å². The van der Waals surface area contributed by atoms with Crippen molar-refractivity contribution in [1.29, 1.82) is 0 Å². The molecule has 2 heterocycles. The van der Waals surface area contributed by atoms with Crippen LogP contribution in [0.1, 0.15) is 26.5 Å². The second-order valence-corrected chi connectivity index (χ2v) is 5.51. The number of nitrogens with one attached hydrogen (secondary N) is 3. The van der Waals surface area contributed by atoms with Gasteiger partial charge in [-0.25, -0.2) is 4.98 Å². The third kappa shape index (κ3) is 3.99. The first-order chi connectivity index (χ1) is 11.7. The van der Waals surface area contributed by atoms with Crippen molar-refractivity contribution < 1.29 is 14.3 Å². The molecule has 0 saturated carbocycles. The van der Waals surface area contributed by atoms with E-state index in [0.717, 1.165) is 5.69 Å². The van der Waals surface area contributed by atoms with Crippen molar-refractivity contribution in [3.63, 3.8) is 0 Å². The Morgan fingerprint density at radius 2 is 2.04 bits per heavy atom. The summed E-state index contributed by atoms with van der Waals surface area (Å²) in [6.45, 7) is 0.331. The largest absolute Gasteiger partial charge is 0.487 e. The van der Waals surface area contributed by atoms with E-state index in [1.54, 1.807) is 48.1 Å². The average Bonchev–Trinajstić information content (AvgIpc) is 3.31. The van der Waals surface area contributed by atoms with Crippen molar-refractivity contribution in [3.05, 3.63) is 70.4 Å². The number of carbonyl (C=O) groups excluding carboxylic acids is 2. The van der Waals surface area contributed by atoms with Gasteiger partial charge in [0.1, 0.15) is 18.1 Å². The number of hydrazine groups is 1. The van der Waals surface area contributed by atoms with Gasteiger partial charge in [-0.3, -0.25) is 20.4 Å². The zero-order valence-corrected chi connectivity index (χ0v) is 13.3. The van der Waals surface area contributed by atoms with Crippen LogP contribution < -0.4 is 15.6 Å². The molecular formula is C16H14N4O3S. The molecule has 0 aliphatic carbocycles. The topological polar surface area (TPSA) is 96.1 Å². The molecule has 7 nitrogen and oxygen atoms in total. The number of rotatable bonds is 5. The molecule has 2 amide bonds. The lowest BCUT2D eigenvalue weighted by Crippen LogP contribution is -2.41. The van der Waals surface area contributed by atoms with Gasteiger partial charge in [-0.1, -0.05) is 6.07 Å². The maximum atomic E-state index is 12.1. The van der Waals surface area contributed by atoms with Gasteiger partial charge in [-0.05, 0) is 30.3 Å². The van der Waals surface area contributed by atoms with Crippen LogP contribution in [-0.4, -0.2) is 21.8 Å². The molecule has 0 fully saturated rings. The highest BCUT2D eigenvalue weighted by molar-refractivity contribution is 7.07. The lowest BCUT2D eigenvalue weighted by Gasteiger charge is -2.08. The summed E-state index contributed by atoms with van der Waals surface area (Å²) in [5.74, 6) is -0.315. The molecule has 2 aromatic heterocycles. The molecule has 0 spiro atoms. The lowest BCUT2D eigenvalue weighted by molar-refractivity contribution is 0.0844. The van der Waals surface area contributed by atoms with E-state index in [1.165, 1.54) is 11.3 Å². The van der Waals surface area contributed by atoms with E-state index in [-0.39, 0.29) is 0 Å². The van der Waals surface area contributed by atoms with Crippen molar-refractivity contribution in [2.45, 2.75) is 6.61 Å². The van der Waals surface area contributed by atoms with Crippen LogP contribution >= 0.6 is 11.3 Å². The highest BCUT2D eigenvalue weighted by Crippen LogP contribution is 2.15. The monoisotopic (exact) mass is 342 g/mol. The minimum Gasteiger partial charge on any atom is -0.487 e. The maximum Gasteiger partial charge on any atom is 0.286 e. The van der Waals surface area contributed by atoms with E-state index >= 15 is 0 Å². The molecule has 8 heteroatoms. The van der Waals surface area contributed by atoms with Crippen LogP contribution in [0.15, 0.2) is 53.5 Å². The Bertz CT molecular complexity index is 816. The van der Waals surface area contributed by atoms with Gasteiger partial charge in [0.25, 0.3) is 11.8 Å². The smallest absolute Gasteiger partial charge is 0.286 e. The van der Waals surface area contributed by atoms with E-state index in [2.05, 4.69) is 20.8 Å². The van der Waals surface area contributed by atoms with E-state index in [1.807, 2.05) is 5.38 Å². The maximum absolute atomic E-state index is 12.1. The van der Waals surface area contributed by atoms with Gasteiger partial charge in [0.05, 0.1) is 11.2 Å². The highest BCUT2D eigenvalue weighted by Gasteiger charge is 2.10. The zero-order valence-electron chi connectivity index (χ0n) is 12.5. The molecule has 122 valence electrons. The minimum atomic E-state index is -0.436. The van der Waals surface area contributed by atoms with Gasteiger partial charge in [0.2, 0.25) is 0 Å². The number of benzene rings is 1. The first kappa shape index (κ1) is 15.8. The number of nitrogens with zero attached hydrogens (tertiary/aromatic N) is 1. The predicted octanol–water partition coefficient (Wildman–Crippen LogP) is 2.12. The Morgan fingerprint density at radius 3 is 2.79 bits per heavy atom. The van der Waals surface area contributed by atoms with Gasteiger partial charge in [-0.15, -0.1) is 11.3 Å². The Morgan fingerprint density at radius 1 is 1.17 bits per heavy atom. The summed E-state index contributed by atoms with van der Waals surface area (Å²) in [4.78, 5) is 30.7. The first-order valence-electron chi connectivity index (χ1n) is 7.06. The molecule has 0 atom stereocenters. The summed E-state index contributed by atoms with van der Waals surface area (Å²) in [5, 5.41) is 1.90.